The van der Waals surface area contributed by atoms with Gasteiger partial charge in [-0.15, -0.1) is 0 Å². The maximum absolute atomic E-state index is 12.0. The molecule has 0 aromatic heterocycles. The molecule has 1 aliphatic heterocycles. The van der Waals surface area contributed by atoms with Gasteiger partial charge in [0.05, 0.1) is 6.61 Å². The van der Waals surface area contributed by atoms with Crippen LogP contribution in [-0.4, -0.2) is 45.9 Å². The first-order valence-electron chi connectivity index (χ1n) is 8.00. The smallest absolute Gasteiger partial charge is 0.251 e. The zero-order chi connectivity index (χ0) is 15.6. The van der Waals surface area contributed by atoms with E-state index in [1.807, 2.05) is 12.1 Å². The van der Waals surface area contributed by atoms with Gasteiger partial charge >= 0.3 is 0 Å². The number of amides is 1. The molecule has 22 heavy (non-hydrogen) atoms. The van der Waals surface area contributed by atoms with Gasteiger partial charge in [0.25, 0.3) is 5.91 Å². The maximum Gasteiger partial charge on any atom is 0.251 e. The Labute approximate surface area is 132 Å². The fraction of sp³-hybridized carbons (Fsp3) is 0.588. The van der Waals surface area contributed by atoms with Crippen molar-refractivity contribution in [3.63, 3.8) is 0 Å². The molecule has 1 fully saturated rings. The van der Waals surface area contributed by atoms with Gasteiger partial charge in [-0.3, -0.25) is 4.79 Å². The number of methoxy groups -OCH3 is 1. The molecule has 1 atom stereocenters. The molecule has 5 heteroatoms. The van der Waals surface area contributed by atoms with E-state index in [4.69, 9.17) is 9.47 Å². The molecule has 1 saturated heterocycles. The fourth-order valence-electron chi connectivity index (χ4n) is 2.55. The average Bonchev–Trinajstić information content (AvgIpc) is 3.05. The first-order chi connectivity index (χ1) is 10.8. The number of hydrogen-bond acceptors (Lipinski definition) is 4. The zero-order valence-corrected chi connectivity index (χ0v) is 13.3. The summed E-state index contributed by atoms with van der Waals surface area (Å²) in [5.74, 6) is 1.46. The molecule has 0 bridgehead atoms. The van der Waals surface area contributed by atoms with E-state index in [1.54, 1.807) is 19.2 Å². The molecule has 1 aromatic rings. The minimum Gasteiger partial charge on any atom is -0.494 e. The summed E-state index contributed by atoms with van der Waals surface area (Å²) in [5.41, 5.74) is 0.675. The molecule has 5 nitrogen and oxygen atoms in total. The second-order valence-electron chi connectivity index (χ2n) is 5.62. The quantitative estimate of drug-likeness (QED) is 0.683. The number of benzene rings is 1. The normalized spacial score (nSPS) is 17.4. The van der Waals surface area contributed by atoms with E-state index in [9.17, 15) is 4.79 Å². The molecule has 0 aliphatic carbocycles. The fourth-order valence-corrected chi connectivity index (χ4v) is 2.55. The molecule has 0 spiro atoms. The van der Waals surface area contributed by atoms with Gasteiger partial charge < -0.3 is 20.1 Å². The predicted octanol–water partition coefficient (Wildman–Crippen LogP) is 1.83. The second-order valence-corrected chi connectivity index (χ2v) is 5.62. The van der Waals surface area contributed by atoms with Gasteiger partial charge in [0.15, 0.2) is 0 Å². The highest BCUT2D eigenvalue weighted by atomic mass is 16.5. The van der Waals surface area contributed by atoms with Crippen LogP contribution in [0.5, 0.6) is 5.75 Å². The van der Waals surface area contributed by atoms with E-state index in [0.717, 1.165) is 38.2 Å². The molecular weight excluding hydrogens is 280 g/mol. The lowest BCUT2D eigenvalue weighted by molar-refractivity contribution is 0.0951. The Morgan fingerprint density at radius 3 is 2.82 bits per heavy atom. The van der Waals surface area contributed by atoms with Gasteiger partial charge in [0.2, 0.25) is 0 Å². The largest absolute Gasteiger partial charge is 0.494 e. The van der Waals surface area contributed by atoms with Crippen molar-refractivity contribution in [1.29, 1.82) is 0 Å². The van der Waals surface area contributed by atoms with Crippen LogP contribution in [0.25, 0.3) is 0 Å². The van der Waals surface area contributed by atoms with Crippen LogP contribution in [-0.2, 0) is 4.74 Å². The molecule has 1 aliphatic rings. The van der Waals surface area contributed by atoms with Crippen LogP contribution < -0.4 is 15.4 Å². The van der Waals surface area contributed by atoms with Gasteiger partial charge in [-0.05, 0) is 56.1 Å². The van der Waals surface area contributed by atoms with Crippen molar-refractivity contribution in [1.82, 2.24) is 10.6 Å². The van der Waals surface area contributed by atoms with Crippen molar-refractivity contribution in [2.45, 2.75) is 19.3 Å². The average molecular weight is 306 g/mol. The molecule has 122 valence electrons. The van der Waals surface area contributed by atoms with Crippen LogP contribution in [0, 0.1) is 5.92 Å². The van der Waals surface area contributed by atoms with Crippen LogP contribution in [0.4, 0.5) is 0 Å². The number of hydrogen-bond donors (Lipinski definition) is 2. The Morgan fingerprint density at radius 1 is 1.32 bits per heavy atom. The summed E-state index contributed by atoms with van der Waals surface area (Å²) in [5, 5.41) is 6.32. The minimum absolute atomic E-state index is 0.0168. The number of nitrogens with one attached hydrogen (secondary N) is 2. The summed E-state index contributed by atoms with van der Waals surface area (Å²) < 4.78 is 10.5. The van der Waals surface area contributed by atoms with Gasteiger partial charge in [0.1, 0.15) is 5.75 Å². The summed E-state index contributed by atoms with van der Waals surface area (Å²) >= 11 is 0. The molecule has 0 saturated carbocycles. The maximum atomic E-state index is 12.0. The third-order valence-corrected chi connectivity index (χ3v) is 3.88. The lowest BCUT2D eigenvalue weighted by Crippen LogP contribution is -2.26. The minimum atomic E-state index is -0.0168. The van der Waals surface area contributed by atoms with Crippen molar-refractivity contribution >= 4 is 5.91 Å². The summed E-state index contributed by atoms with van der Waals surface area (Å²) in [6.45, 7) is 4.22. The van der Waals surface area contributed by atoms with Crippen LogP contribution in [0.3, 0.4) is 0 Å². The summed E-state index contributed by atoms with van der Waals surface area (Å²) in [7, 11) is 1.68. The van der Waals surface area contributed by atoms with Gasteiger partial charge in [-0.1, -0.05) is 0 Å². The summed E-state index contributed by atoms with van der Waals surface area (Å²) in [6, 6.07) is 7.28. The number of carbonyl (C=O) groups is 1. The van der Waals surface area contributed by atoms with Crippen LogP contribution in [0.2, 0.25) is 0 Å². The Balaban J connectivity index is 1.68. The van der Waals surface area contributed by atoms with E-state index < -0.39 is 0 Å². The van der Waals surface area contributed by atoms with E-state index >= 15 is 0 Å². The molecule has 2 N–H and O–H groups in total. The monoisotopic (exact) mass is 306 g/mol. The number of rotatable bonds is 9. The Bertz CT molecular complexity index is 442. The van der Waals surface area contributed by atoms with E-state index in [0.29, 0.717) is 24.7 Å². The van der Waals surface area contributed by atoms with Crippen molar-refractivity contribution in [2.75, 3.05) is 40.0 Å². The third kappa shape index (κ3) is 5.66. The molecule has 1 unspecified atom stereocenters. The summed E-state index contributed by atoms with van der Waals surface area (Å²) in [4.78, 5) is 12.0. The number of ether oxygens (including phenoxy) is 2. The molecule has 1 aromatic carbocycles. The highest BCUT2D eigenvalue weighted by molar-refractivity contribution is 5.94. The second kappa shape index (κ2) is 9.43. The van der Waals surface area contributed by atoms with Crippen LogP contribution in [0.1, 0.15) is 29.6 Å². The van der Waals surface area contributed by atoms with E-state index in [2.05, 4.69) is 10.6 Å². The van der Waals surface area contributed by atoms with Crippen LogP contribution >= 0.6 is 0 Å². The van der Waals surface area contributed by atoms with E-state index in [1.165, 1.54) is 6.42 Å². The molecular formula is C17H26N2O3. The number of carbonyl (C=O) groups excluding carboxylic acids is 1. The Morgan fingerprint density at radius 2 is 2.14 bits per heavy atom. The standard InChI is InChI=1S/C17H26N2O3/c1-21-11-2-12-22-16-5-3-15(4-6-16)17(20)19-10-8-14-7-9-18-13-14/h3-6,14,18H,2,7-13H2,1H3,(H,19,20). The van der Waals surface area contributed by atoms with Crippen molar-refractivity contribution in [3.05, 3.63) is 29.8 Å². The first kappa shape index (κ1) is 16.8. The Hall–Kier alpha value is -1.59. The van der Waals surface area contributed by atoms with Crippen molar-refractivity contribution in [3.8, 4) is 5.75 Å². The van der Waals surface area contributed by atoms with Gasteiger partial charge in [-0.25, -0.2) is 0 Å². The van der Waals surface area contributed by atoms with Gasteiger partial charge in [0, 0.05) is 32.2 Å². The van der Waals surface area contributed by atoms with E-state index in [-0.39, 0.29) is 5.91 Å². The predicted molar refractivity (Wildman–Crippen MR) is 86.4 cm³/mol. The van der Waals surface area contributed by atoms with Crippen LogP contribution in [0.15, 0.2) is 24.3 Å². The highest BCUT2D eigenvalue weighted by Crippen LogP contribution is 2.13. The lowest BCUT2D eigenvalue weighted by atomic mass is 10.1. The lowest BCUT2D eigenvalue weighted by Gasteiger charge is -2.10. The Kier molecular flexibility index (Phi) is 7.19. The molecule has 2 rings (SSSR count). The highest BCUT2D eigenvalue weighted by Gasteiger charge is 2.14. The molecule has 0 radical (unpaired) electrons. The molecule has 1 heterocycles. The van der Waals surface area contributed by atoms with Crippen molar-refractivity contribution in [2.24, 2.45) is 5.92 Å². The zero-order valence-electron chi connectivity index (χ0n) is 13.3. The first-order valence-corrected chi connectivity index (χ1v) is 8.00. The summed E-state index contributed by atoms with van der Waals surface area (Å²) in [6.07, 6.45) is 3.11. The third-order valence-electron chi connectivity index (χ3n) is 3.88. The van der Waals surface area contributed by atoms with Crippen molar-refractivity contribution < 1.29 is 14.3 Å². The SMILES string of the molecule is COCCCOc1ccc(C(=O)NCCC2CCNC2)cc1. The molecule has 1 amide bonds. The van der Waals surface area contributed by atoms with Gasteiger partial charge in [-0.2, -0.15) is 0 Å². The topological polar surface area (TPSA) is 59.6 Å².